The lowest BCUT2D eigenvalue weighted by Gasteiger charge is -2.06. The molecule has 142 valence electrons. The molecule has 26 heavy (non-hydrogen) atoms. The van der Waals surface area contributed by atoms with Gasteiger partial charge in [-0.25, -0.2) is 0 Å². The Hall–Kier alpha value is -2.09. The Labute approximate surface area is 159 Å². The maximum atomic E-state index is 10.6. The van der Waals surface area contributed by atoms with Crippen LogP contribution in [-0.4, -0.2) is 11.1 Å². The highest BCUT2D eigenvalue weighted by Gasteiger charge is 2.02. The average molecular weight is 355 g/mol. The number of hydrogen-bond acceptors (Lipinski definition) is 1. The molecular formula is C24H34O2. The van der Waals surface area contributed by atoms with E-state index in [2.05, 4.69) is 61.6 Å². The number of carboxylic acid groups (broad SMARTS) is 1. The highest BCUT2D eigenvalue weighted by atomic mass is 16.4. The normalized spacial score (nSPS) is 11.9. The number of aliphatic carboxylic acids is 1. The molecule has 2 heteroatoms. The van der Waals surface area contributed by atoms with E-state index in [0.717, 1.165) is 25.7 Å². The fourth-order valence-electron chi connectivity index (χ4n) is 2.81. The van der Waals surface area contributed by atoms with E-state index in [1.807, 2.05) is 6.07 Å². The predicted octanol–water partition coefficient (Wildman–Crippen LogP) is 6.67. The third-order valence-electron chi connectivity index (χ3n) is 4.31. The van der Waals surface area contributed by atoms with E-state index in [-0.39, 0.29) is 6.42 Å². The van der Waals surface area contributed by atoms with Gasteiger partial charge in [-0.1, -0.05) is 80.5 Å². The zero-order valence-corrected chi connectivity index (χ0v) is 16.2. The fourth-order valence-corrected chi connectivity index (χ4v) is 2.81. The van der Waals surface area contributed by atoms with E-state index < -0.39 is 5.97 Å². The second-order valence-corrected chi connectivity index (χ2v) is 6.60. The summed E-state index contributed by atoms with van der Waals surface area (Å²) in [7, 11) is 0. The number of benzene rings is 1. The van der Waals surface area contributed by atoms with Crippen molar-refractivity contribution in [1.82, 2.24) is 0 Å². The van der Waals surface area contributed by atoms with E-state index in [4.69, 9.17) is 5.11 Å². The van der Waals surface area contributed by atoms with Crippen LogP contribution in [-0.2, 0) is 17.6 Å². The summed E-state index contributed by atoms with van der Waals surface area (Å²) in [5.41, 5.74) is 2.57. The number of unbranched alkanes of at least 4 members (excludes halogenated alkanes) is 3. The summed E-state index contributed by atoms with van der Waals surface area (Å²) in [6.07, 6.45) is 23.2. The fraction of sp³-hybridized carbons (Fsp3) is 0.458. The summed E-state index contributed by atoms with van der Waals surface area (Å²) in [6, 6.07) is 8.33. The lowest BCUT2D eigenvalue weighted by atomic mass is 9.99. The van der Waals surface area contributed by atoms with Crippen LogP contribution in [0.2, 0.25) is 0 Å². The van der Waals surface area contributed by atoms with Crippen LogP contribution >= 0.6 is 0 Å². The molecule has 0 aliphatic carbocycles. The summed E-state index contributed by atoms with van der Waals surface area (Å²) >= 11 is 0. The monoisotopic (exact) mass is 354 g/mol. The van der Waals surface area contributed by atoms with Crippen molar-refractivity contribution < 1.29 is 9.90 Å². The number of carbonyl (C=O) groups is 1. The third-order valence-corrected chi connectivity index (χ3v) is 4.31. The molecule has 0 aliphatic rings. The molecule has 0 saturated heterocycles. The molecular weight excluding hydrogens is 320 g/mol. The van der Waals surface area contributed by atoms with Gasteiger partial charge in [-0.15, -0.1) is 0 Å². The summed E-state index contributed by atoms with van der Waals surface area (Å²) < 4.78 is 0. The molecule has 0 amide bonds. The van der Waals surface area contributed by atoms with Gasteiger partial charge in [-0.05, 0) is 56.1 Å². The van der Waals surface area contributed by atoms with Gasteiger partial charge in [0, 0.05) is 6.42 Å². The first-order chi connectivity index (χ1) is 12.7. The SMILES string of the molecule is CCCCC/C=C\C/C=C\C/C=C\Cc1ccccc1CCCC(=O)O. The summed E-state index contributed by atoms with van der Waals surface area (Å²) in [5.74, 6) is -0.718. The van der Waals surface area contributed by atoms with Crippen molar-refractivity contribution in [3.8, 4) is 0 Å². The highest BCUT2D eigenvalue weighted by molar-refractivity contribution is 5.66. The van der Waals surface area contributed by atoms with Crippen LogP contribution in [0.1, 0.15) is 69.4 Å². The number of carboxylic acids is 1. The van der Waals surface area contributed by atoms with E-state index in [1.54, 1.807) is 0 Å². The quantitative estimate of drug-likeness (QED) is 0.299. The standard InChI is InChI=1S/C24H34O2/c1-2-3-4-5-6-7-8-9-10-11-12-13-17-22-18-14-15-19-23(22)20-16-21-24(25)26/h6-7,9-10,12-15,18-19H,2-5,8,11,16-17,20-21H2,1H3,(H,25,26)/b7-6-,10-9-,13-12-. The molecule has 0 saturated carbocycles. The van der Waals surface area contributed by atoms with E-state index >= 15 is 0 Å². The maximum absolute atomic E-state index is 10.6. The van der Waals surface area contributed by atoms with Crippen LogP contribution in [0.15, 0.2) is 60.7 Å². The van der Waals surface area contributed by atoms with Gasteiger partial charge in [-0.3, -0.25) is 4.79 Å². The van der Waals surface area contributed by atoms with Crippen molar-refractivity contribution in [2.24, 2.45) is 0 Å². The zero-order valence-electron chi connectivity index (χ0n) is 16.2. The first-order valence-electron chi connectivity index (χ1n) is 9.97. The van der Waals surface area contributed by atoms with Crippen LogP contribution in [0.5, 0.6) is 0 Å². The van der Waals surface area contributed by atoms with Gasteiger partial charge in [0.25, 0.3) is 0 Å². The maximum Gasteiger partial charge on any atom is 0.303 e. The molecule has 0 bridgehead atoms. The van der Waals surface area contributed by atoms with Crippen molar-refractivity contribution in [1.29, 1.82) is 0 Å². The van der Waals surface area contributed by atoms with Crippen molar-refractivity contribution in [3.63, 3.8) is 0 Å². The summed E-state index contributed by atoms with van der Waals surface area (Å²) in [6.45, 7) is 2.23. The van der Waals surface area contributed by atoms with Crippen molar-refractivity contribution in [2.75, 3.05) is 0 Å². The lowest BCUT2D eigenvalue weighted by Crippen LogP contribution is -1.98. The van der Waals surface area contributed by atoms with Crippen molar-refractivity contribution >= 4 is 5.97 Å². The van der Waals surface area contributed by atoms with E-state index in [0.29, 0.717) is 6.42 Å². The topological polar surface area (TPSA) is 37.3 Å². The zero-order chi connectivity index (χ0) is 18.9. The molecule has 2 nitrogen and oxygen atoms in total. The summed E-state index contributed by atoms with van der Waals surface area (Å²) in [5, 5.41) is 8.77. The first-order valence-corrected chi connectivity index (χ1v) is 9.97. The molecule has 0 heterocycles. The minimum absolute atomic E-state index is 0.238. The Morgan fingerprint density at radius 3 is 2.23 bits per heavy atom. The number of allylic oxidation sites excluding steroid dienone is 6. The molecule has 0 aliphatic heterocycles. The van der Waals surface area contributed by atoms with Crippen LogP contribution in [0, 0.1) is 0 Å². The highest BCUT2D eigenvalue weighted by Crippen LogP contribution is 2.13. The van der Waals surface area contributed by atoms with Gasteiger partial charge >= 0.3 is 5.97 Å². The van der Waals surface area contributed by atoms with Gasteiger partial charge in [0.2, 0.25) is 0 Å². The molecule has 0 spiro atoms. The van der Waals surface area contributed by atoms with Crippen molar-refractivity contribution in [2.45, 2.75) is 71.1 Å². The number of aryl methyl sites for hydroxylation is 1. The van der Waals surface area contributed by atoms with E-state index in [1.165, 1.54) is 36.8 Å². The number of rotatable bonds is 14. The van der Waals surface area contributed by atoms with Gasteiger partial charge in [0.1, 0.15) is 0 Å². The van der Waals surface area contributed by atoms with Crippen molar-refractivity contribution in [3.05, 3.63) is 71.8 Å². The molecule has 0 fully saturated rings. The molecule has 0 aromatic heterocycles. The minimum atomic E-state index is -0.718. The Morgan fingerprint density at radius 1 is 0.885 bits per heavy atom. The van der Waals surface area contributed by atoms with Crippen LogP contribution in [0.4, 0.5) is 0 Å². The second kappa shape index (κ2) is 15.2. The average Bonchev–Trinajstić information content (AvgIpc) is 2.63. The smallest absolute Gasteiger partial charge is 0.303 e. The second-order valence-electron chi connectivity index (χ2n) is 6.60. The molecule has 0 unspecified atom stereocenters. The Kier molecular flexibility index (Phi) is 12.8. The summed E-state index contributed by atoms with van der Waals surface area (Å²) in [4.78, 5) is 10.6. The lowest BCUT2D eigenvalue weighted by molar-refractivity contribution is -0.137. The third kappa shape index (κ3) is 11.5. The van der Waals surface area contributed by atoms with Crippen LogP contribution in [0.25, 0.3) is 0 Å². The molecule has 1 aromatic rings. The molecule has 1 rings (SSSR count). The number of hydrogen-bond donors (Lipinski definition) is 1. The Bertz CT molecular complexity index is 582. The molecule has 1 aromatic carbocycles. The van der Waals surface area contributed by atoms with Gasteiger partial charge in [0.15, 0.2) is 0 Å². The van der Waals surface area contributed by atoms with E-state index in [9.17, 15) is 4.79 Å². The Morgan fingerprint density at radius 2 is 1.54 bits per heavy atom. The van der Waals surface area contributed by atoms with Crippen LogP contribution < -0.4 is 0 Å². The minimum Gasteiger partial charge on any atom is -0.481 e. The van der Waals surface area contributed by atoms with Crippen LogP contribution in [0.3, 0.4) is 0 Å². The van der Waals surface area contributed by atoms with Gasteiger partial charge in [-0.2, -0.15) is 0 Å². The molecule has 0 atom stereocenters. The predicted molar refractivity (Wildman–Crippen MR) is 112 cm³/mol. The van der Waals surface area contributed by atoms with Gasteiger partial charge in [0.05, 0.1) is 0 Å². The first kappa shape index (κ1) is 22.0. The largest absolute Gasteiger partial charge is 0.481 e. The molecule has 1 N–H and O–H groups in total. The van der Waals surface area contributed by atoms with Gasteiger partial charge < -0.3 is 5.11 Å². The Balaban J connectivity index is 2.25. The molecule has 0 radical (unpaired) electrons.